The third-order valence-electron chi connectivity index (χ3n) is 4.07. The molecule has 0 spiro atoms. The smallest absolute Gasteiger partial charge is 0.234 e. The first-order chi connectivity index (χ1) is 14.2. The van der Waals surface area contributed by atoms with Crippen molar-refractivity contribution in [3.63, 3.8) is 0 Å². The summed E-state index contributed by atoms with van der Waals surface area (Å²) in [6.07, 6.45) is 3.42. The van der Waals surface area contributed by atoms with Crippen molar-refractivity contribution in [1.29, 1.82) is 0 Å². The average molecular weight is 422 g/mol. The number of hydrogen-bond acceptors (Lipinski definition) is 5. The quantitative estimate of drug-likeness (QED) is 0.456. The van der Waals surface area contributed by atoms with Gasteiger partial charge in [0, 0.05) is 23.6 Å². The molecule has 144 valence electrons. The Morgan fingerprint density at radius 1 is 0.966 bits per heavy atom. The number of rotatable bonds is 6. The first kappa shape index (κ1) is 19.2. The second-order valence-electron chi connectivity index (χ2n) is 6.03. The molecule has 0 aliphatic heterocycles. The Morgan fingerprint density at radius 3 is 2.45 bits per heavy atom. The lowest BCUT2D eigenvalue weighted by Gasteiger charge is -2.10. The van der Waals surface area contributed by atoms with Crippen LogP contribution in [0.2, 0.25) is 5.02 Å². The number of amides is 1. The molecule has 0 saturated heterocycles. The Bertz CT molecular complexity index is 1120. The average Bonchev–Trinajstić information content (AvgIpc) is 3.19. The van der Waals surface area contributed by atoms with Gasteiger partial charge in [-0.25, -0.2) is 0 Å². The second-order valence-corrected chi connectivity index (χ2v) is 7.38. The van der Waals surface area contributed by atoms with Gasteiger partial charge in [-0.1, -0.05) is 53.7 Å². The van der Waals surface area contributed by atoms with E-state index in [0.29, 0.717) is 21.7 Å². The topological polar surface area (TPSA) is 72.7 Å². The lowest BCUT2D eigenvalue weighted by atomic mass is 10.2. The molecule has 1 amide bonds. The number of thioether (sulfide) groups is 1. The third-order valence-corrected chi connectivity index (χ3v) is 5.33. The highest BCUT2D eigenvalue weighted by Crippen LogP contribution is 2.28. The number of anilines is 1. The Kier molecular flexibility index (Phi) is 5.88. The molecule has 2 aromatic heterocycles. The number of nitrogens with zero attached hydrogens (tertiary/aromatic N) is 4. The predicted octanol–water partition coefficient (Wildman–Crippen LogP) is 4.71. The molecule has 0 bridgehead atoms. The lowest BCUT2D eigenvalue weighted by Crippen LogP contribution is -2.14. The molecule has 4 rings (SSSR count). The van der Waals surface area contributed by atoms with Crippen LogP contribution in [-0.4, -0.2) is 31.4 Å². The van der Waals surface area contributed by atoms with Crippen LogP contribution < -0.4 is 5.32 Å². The van der Waals surface area contributed by atoms with Crippen LogP contribution in [0.3, 0.4) is 0 Å². The zero-order valence-corrected chi connectivity index (χ0v) is 16.8. The van der Waals surface area contributed by atoms with Crippen LogP contribution in [0.1, 0.15) is 0 Å². The number of para-hydroxylation sites is 2. The molecule has 8 heteroatoms. The molecule has 0 fully saturated rings. The van der Waals surface area contributed by atoms with E-state index in [4.69, 9.17) is 11.6 Å². The van der Waals surface area contributed by atoms with Gasteiger partial charge in [0.2, 0.25) is 5.91 Å². The number of hydrogen-bond donors (Lipinski definition) is 1. The monoisotopic (exact) mass is 421 g/mol. The van der Waals surface area contributed by atoms with Gasteiger partial charge in [-0.3, -0.25) is 14.3 Å². The molecule has 2 aromatic carbocycles. The van der Waals surface area contributed by atoms with Gasteiger partial charge in [-0.05, 0) is 36.4 Å². The van der Waals surface area contributed by atoms with E-state index in [0.717, 1.165) is 11.3 Å². The van der Waals surface area contributed by atoms with E-state index in [2.05, 4.69) is 20.5 Å². The third kappa shape index (κ3) is 4.47. The summed E-state index contributed by atoms with van der Waals surface area (Å²) in [4.78, 5) is 16.5. The van der Waals surface area contributed by atoms with E-state index in [-0.39, 0.29) is 11.7 Å². The summed E-state index contributed by atoms with van der Waals surface area (Å²) < 4.78 is 1.93. The van der Waals surface area contributed by atoms with Crippen LogP contribution in [0.15, 0.2) is 84.3 Å². The summed E-state index contributed by atoms with van der Waals surface area (Å²) in [5.41, 5.74) is 2.39. The number of carbonyl (C=O) groups is 1. The summed E-state index contributed by atoms with van der Waals surface area (Å²) in [6, 6.07) is 20.7. The highest BCUT2D eigenvalue weighted by atomic mass is 35.5. The molecule has 0 saturated carbocycles. The maximum atomic E-state index is 12.4. The minimum absolute atomic E-state index is 0.170. The molecule has 4 aromatic rings. The van der Waals surface area contributed by atoms with Gasteiger partial charge in [0.15, 0.2) is 11.0 Å². The van der Waals surface area contributed by atoms with E-state index in [1.807, 2.05) is 59.2 Å². The molecule has 6 nitrogen and oxygen atoms in total. The van der Waals surface area contributed by atoms with E-state index in [1.165, 1.54) is 11.8 Å². The molecule has 0 atom stereocenters. The number of carbonyl (C=O) groups excluding carboxylic acids is 1. The summed E-state index contributed by atoms with van der Waals surface area (Å²) in [5.74, 6) is 0.691. The highest BCUT2D eigenvalue weighted by molar-refractivity contribution is 7.99. The van der Waals surface area contributed by atoms with Crippen molar-refractivity contribution in [3.8, 4) is 17.1 Å². The van der Waals surface area contributed by atoms with E-state index >= 15 is 0 Å². The van der Waals surface area contributed by atoms with E-state index in [1.54, 1.807) is 24.5 Å². The van der Waals surface area contributed by atoms with Gasteiger partial charge in [0.25, 0.3) is 0 Å². The molecule has 0 unspecified atom stereocenters. The second kappa shape index (κ2) is 8.89. The summed E-state index contributed by atoms with van der Waals surface area (Å²) >= 11 is 7.42. The maximum Gasteiger partial charge on any atom is 0.234 e. The lowest BCUT2D eigenvalue weighted by molar-refractivity contribution is -0.113. The fourth-order valence-corrected chi connectivity index (χ4v) is 3.68. The van der Waals surface area contributed by atoms with Crippen molar-refractivity contribution in [1.82, 2.24) is 19.7 Å². The zero-order valence-electron chi connectivity index (χ0n) is 15.2. The Balaban J connectivity index is 1.58. The van der Waals surface area contributed by atoms with Gasteiger partial charge < -0.3 is 5.32 Å². The Hall–Kier alpha value is -3.16. The van der Waals surface area contributed by atoms with Gasteiger partial charge in [0.1, 0.15) is 0 Å². The first-order valence-corrected chi connectivity index (χ1v) is 10.2. The zero-order chi connectivity index (χ0) is 20.1. The minimum atomic E-state index is -0.170. The summed E-state index contributed by atoms with van der Waals surface area (Å²) in [7, 11) is 0. The molecule has 0 aliphatic carbocycles. The van der Waals surface area contributed by atoms with E-state index in [9.17, 15) is 4.79 Å². The molecular formula is C21H16ClN5OS. The van der Waals surface area contributed by atoms with Crippen LogP contribution in [0.4, 0.5) is 5.69 Å². The van der Waals surface area contributed by atoms with Crippen LogP contribution in [0.5, 0.6) is 0 Å². The van der Waals surface area contributed by atoms with Crippen LogP contribution in [0, 0.1) is 0 Å². The van der Waals surface area contributed by atoms with Gasteiger partial charge in [-0.15, -0.1) is 10.2 Å². The molecule has 0 radical (unpaired) electrons. The SMILES string of the molecule is O=C(CSc1nnc(-c2ccncc2)n1-c1ccccc1)Nc1ccccc1Cl. The fourth-order valence-electron chi connectivity index (χ4n) is 2.74. The number of aromatic nitrogens is 4. The molecular weight excluding hydrogens is 406 g/mol. The Morgan fingerprint density at radius 2 is 1.69 bits per heavy atom. The minimum Gasteiger partial charge on any atom is -0.324 e. The van der Waals surface area contributed by atoms with Crippen LogP contribution >= 0.6 is 23.4 Å². The van der Waals surface area contributed by atoms with Crippen molar-refractivity contribution >= 4 is 35.0 Å². The maximum absolute atomic E-state index is 12.4. The molecule has 29 heavy (non-hydrogen) atoms. The van der Waals surface area contributed by atoms with Gasteiger partial charge >= 0.3 is 0 Å². The van der Waals surface area contributed by atoms with Crippen molar-refractivity contribution in [2.24, 2.45) is 0 Å². The van der Waals surface area contributed by atoms with Crippen molar-refractivity contribution in [2.45, 2.75) is 5.16 Å². The van der Waals surface area contributed by atoms with Gasteiger partial charge in [-0.2, -0.15) is 0 Å². The van der Waals surface area contributed by atoms with E-state index < -0.39 is 0 Å². The number of halogens is 1. The fraction of sp³-hybridized carbons (Fsp3) is 0.0476. The van der Waals surface area contributed by atoms with Crippen molar-refractivity contribution < 1.29 is 4.79 Å². The highest BCUT2D eigenvalue weighted by Gasteiger charge is 2.17. The number of pyridine rings is 1. The Labute approximate surface area is 177 Å². The van der Waals surface area contributed by atoms with Crippen molar-refractivity contribution in [3.05, 3.63) is 84.1 Å². The molecule has 0 aliphatic rings. The van der Waals surface area contributed by atoms with Crippen LogP contribution in [0.25, 0.3) is 17.1 Å². The van der Waals surface area contributed by atoms with Crippen LogP contribution in [-0.2, 0) is 4.79 Å². The molecule has 2 heterocycles. The normalized spacial score (nSPS) is 10.7. The number of benzene rings is 2. The summed E-state index contributed by atoms with van der Waals surface area (Å²) in [6.45, 7) is 0. The predicted molar refractivity (Wildman–Crippen MR) is 115 cm³/mol. The first-order valence-electron chi connectivity index (χ1n) is 8.81. The van der Waals surface area contributed by atoms with Crippen molar-refractivity contribution in [2.75, 3.05) is 11.1 Å². The van der Waals surface area contributed by atoms with Gasteiger partial charge in [0.05, 0.1) is 16.5 Å². The standard InChI is InChI=1S/C21H16ClN5OS/c22-17-8-4-5-9-18(17)24-19(28)14-29-21-26-25-20(15-10-12-23-13-11-15)27(21)16-6-2-1-3-7-16/h1-13H,14H2,(H,24,28). The molecule has 1 N–H and O–H groups in total. The summed E-state index contributed by atoms with van der Waals surface area (Å²) in [5, 5.41) is 12.6. The largest absolute Gasteiger partial charge is 0.324 e. The number of nitrogens with one attached hydrogen (secondary N) is 1.